The maximum atomic E-state index is 11.6. The molecule has 0 aromatic carbocycles. The maximum Gasteiger partial charge on any atom is 0.217 e. The second-order valence-corrected chi connectivity index (χ2v) is 4.38. The number of hydrogen-bond acceptors (Lipinski definition) is 4. The third-order valence-corrected chi connectivity index (χ3v) is 2.73. The molecule has 100 valence electrons. The smallest absolute Gasteiger partial charge is 0.217 e. The van der Waals surface area contributed by atoms with Gasteiger partial charge in [-0.05, 0) is 32.2 Å². The second kappa shape index (κ2) is 10.2. The summed E-state index contributed by atoms with van der Waals surface area (Å²) >= 11 is 0. The van der Waals surface area contributed by atoms with Crippen molar-refractivity contribution in [1.82, 2.24) is 0 Å². The molecule has 0 fully saturated rings. The minimum Gasteiger partial charge on any atom is -0.370 e. The number of carbonyl (C=O) groups is 2. The van der Waals surface area contributed by atoms with Crippen molar-refractivity contribution in [2.45, 2.75) is 57.4 Å². The summed E-state index contributed by atoms with van der Waals surface area (Å²) in [6, 6.07) is -0.349. The summed E-state index contributed by atoms with van der Waals surface area (Å²) in [5.74, 6) is -0.170. The van der Waals surface area contributed by atoms with Crippen molar-refractivity contribution in [1.29, 1.82) is 0 Å². The molecule has 0 heterocycles. The number of unbranched alkanes of at least 4 members (excludes halogenated alkanes) is 3. The molecule has 0 bridgehead atoms. The van der Waals surface area contributed by atoms with E-state index in [1.165, 1.54) is 0 Å². The number of rotatable bonds is 11. The summed E-state index contributed by atoms with van der Waals surface area (Å²) in [7, 11) is 0. The fourth-order valence-electron chi connectivity index (χ4n) is 1.63. The Labute approximate surface area is 103 Å². The van der Waals surface area contributed by atoms with Crippen molar-refractivity contribution in [3.05, 3.63) is 0 Å². The Bertz CT molecular complexity index is 232. The van der Waals surface area contributed by atoms with Crippen LogP contribution in [0.15, 0.2) is 0 Å². The van der Waals surface area contributed by atoms with Crippen molar-refractivity contribution in [3.63, 3.8) is 0 Å². The van der Waals surface area contributed by atoms with E-state index in [4.69, 9.17) is 17.2 Å². The van der Waals surface area contributed by atoms with Gasteiger partial charge < -0.3 is 17.2 Å². The third-order valence-electron chi connectivity index (χ3n) is 2.73. The summed E-state index contributed by atoms with van der Waals surface area (Å²) < 4.78 is 0. The van der Waals surface area contributed by atoms with Gasteiger partial charge in [0.15, 0.2) is 0 Å². The molecule has 5 nitrogen and oxygen atoms in total. The van der Waals surface area contributed by atoms with Gasteiger partial charge in [-0.15, -0.1) is 0 Å². The molecule has 1 atom stereocenters. The minimum atomic E-state index is -0.349. The quantitative estimate of drug-likeness (QED) is 0.457. The average Bonchev–Trinajstić information content (AvgIpc) is 2.28. The SMILES string of the molecule is NCCCCC(N)C(=O)CCCCCC(N)=O. The largest absolute Gasteiger partial charge is 0.370 e. The van der Waals surface area contributed by atoms with Gasteiger partial charge in [0.2, 0.25) is 5.91 Å². The van der Waals surface area contributed by atoms with Gasteiger partial charge in [-0.25, -0.2) is 0 Å². The number of hydrogen-bond donors (Lipinski definition) is 3. The van der Waals surface area contributed by atoms with E-state index >= 15 is 0 Å². The first-order valence-electron chi connectivity index (χ1n) is 6.34. The molecular weight excluding hydrogens is 218 g/mol. The lowest BCUT2D eigenvalue weighted by Crippen LogP contribution is -2.30. The van der Waals surface area contributed by atoms with Crippen molar-refractivity contribution in [2.75, 3.05) is 6.54 Å². The van der Waals surface area contributed by atoms with Crippen LogP contribution >= 0.6 is 0 Å². The van der Waals surface area contributed by atoms with E-state index in [0.29, 0.717) is 19.4 Å². The maximum absolute atomic E-state index is 11.6. The molecule has 0 saturated heterocycles. The summed E-state index contributed by atoms with van der Waals surface area (Å²) in [5.41, 5.74) is 16.1. The highest BCUT2D eigenvalue weighted by Crippen LogP contribution is 2.07. The third kappa shape index (κ3) is 9.96. The predicted molar refractivity (Wildman–Crippen MR) is 68.2 cm³/mol. The Balaban J connectivity index is 3.47. The number of nitrogens with two attached hydrogens (primary N) is 3. The van der Waals surface area contributed by atoms with E-state index in [1.54, 1.807) is 0 Å². The summed E-state index contributed by atoms with van der Waals surface area (Å²) in [6.07, 6.45) is 5.84. The van der Waals surface area contributed by atoms with Crippen molar-refractivity contribution in [2.24, 2.45) is 17.2 Å². The zero-order valence-corrected chi connectivity index (χ0v) is 10.5. The highest BCUT2D eigenvalue weighted by Gasteiger charge is 2.12. The molecule has 1 amide bonds. The predicted octanol–water partition coefficient (Wildman–Crippen LogP) is 0.448. The normalized spacial score (nSPS) is 12.4. The van der Waals surface area contributed by atoms with Gasteiger partial charge >= 0.3 is 0 Å². The van der Waals surface area contributed by atoms with Gasteiger partial charge in [0.25, 0.3) is 0 Å². The Kier molecular flexibility index (Phi) is 9.66. The molecule has 0 aromatic rings. The number of amides is 1. The highest BCUT2D eigenvalue weighted by atomic mass is 16.1. The molecule has 6 N–H and O–H groups in total. The molecule has 5 heteroatoms. The molecule has 0 saturated carbocycles. The van der Waals surface area contributed by atoms with Crippen molar-refractivity contribution < 1.29 is 9.59 Å². The van der Waals surface area contributed by atoms with Crippen LogP contribution in [-0.2, 0) is 9.59 Å². The molecule has 0 aromatic heterocycles. The summed E-state index contributed by atoms with van der Waals surface area (Å²) in [6.45, 7) is 0.647. The van der Waals surface area contributed by atoms with Crippen LogP contribution in [-0.4, -0.2) is 24.3 Å². The number of Topliss-reactive ketones (excluding diaryl/α,β-unsaturated/α-hetero) is 1. The van der Waals surface area contributed by atoms with Crippen LogP contribution in [0.4, 0.5) is 0 Å². The van der Waals surface area contributed by atoms with Gasteiger partial charge in [0.1, 0.15) is 5.78 Å². The Morgan fingerprint density at radius 1 is 0.941 bits per heavy atom. The second-order valence-electron chi connectivity index (χ2n) is 4.38. The van der Waals surface area contributed by atoms with Crippen LogP contribution in [0, 0.1) is 0 Å². The molecule has 0 radical (unpaired) electrons. The van der Waals surface area contributed by atoms with Crippen LogP contribution in [0.25, 0.3) is 0 Å². The molecule has 0 aliphatic heterocycles. The lowest BCUT2D eigenvalue weighted by atomic mass is 10.0. The number of primary amides is 1. The van der Waals surface area contributed by atoms with Crippen molar-refractivity contribution in [3.8, 4) is 0 Å². The zero-order valence-electron chi connectivity index (χ0n) is 10.5. The first-order chi connectivity index (χ1) is 8.07. The number of ketones is 1. The van der Waals surface area contributed by atoms with E-state index in [-0.39, 0.29) is 17.7 Å². The molecule has 0 spiro atoms. The Hall–Kier alpha value is -0.940. The topological polar surface area (TPSA) is 112 Å². The molecule has 1 unspecified atom stereocenters. The van der Waals surface area contributed by atoms with E-state index in [0.717, 1.165) is 38.5 Å². The van der Waals surface area contributed by atoms with Crippen LogP contribution in [0.5, 0.6) is 0 Å². The first-order valence-corrected chi connectivity index (χ1v) is 6.34. The first kappa shape index (κ1) is 16.1. The average molecular weight is 243 g/mol. The minimum absolute atomic E-state index is 0.112. The molecule has 0 aliphatic rings. The number of carbonyl (C=O) groups excluding carboxylic acids is 2. The molecular formula is C12H25N3O2. The van der Waals surface area contributed by atoms with E-state index in [2.05, 4.69) is 0 Å². The van der Waals surface area contributed by atoms with E-state index in [9.17, 15) is 9.59 Å². The Morgan fingerprint density at radius 3 is 2.18 bits per heavy atom. The van der Waals surface area contributed by atoms with Crippen LogP contribution in [0.2, 0.25) is 0 Å². The molecule has 17 heavy (non-hydrogen) atoms. The molecule has 0 aliphatic carbocycles. The van der Waals surface area contributed by atoms with Gasteiger partial charge in [-0.3, -0.25) is 9.59 Å². The van der Waals surface area contributed by atoms with Crippen LogP contribution in [0.3, 0.4) is 0 Å². The lowest BCUT2D eigenvalue weighted by Gasteiger charge is -2.09. The van der Waals surface area contributed by atoms with Gasteiger partial charge in [0.05, 0.1) is 6.04 Å². The highest BCUT2D eigenvalue weighted by molar-refractivity contribution is 5.83. The van der Waals surface area contributed by atoms with Gasteiger partial charge in [0, 0.05) is 12.8 Å². The summed E-state index contributed by atoms with van der Waals surface area (Å²) in [5, 5.41) is 0. The Morgan fingerprint density at radius 2 is 1.59 bits per heavy atom. The standard InChI is InChI=1S/C12H25N3O2/c13-9-5-4-6-10(14)11(16)7-2-1-3-8-12(15)17/h10H,1-9,13-14H2,(H2,15,17). The van der Waals surface area contributed by atoms with Crippen LogP contribution in [0.1, 0.15) is 51.4 Å². The van der Waals surface area contributed by atoms with Gasteiger partial charge in [-0.2, -0.15) is 0 Å². The zero-order chi connectivity index (χ0) is 13.1. The van der Waals surface area contributed by atoms with Crippen LogP contribution < -0.4 is 17.2 Å². The monoisotopic (exact) mass is 243 g/mol. The summed E-state index contributed by atoms with van der Waals surface area (Å²) in [4.78, 5) is 22.1. The van der Waals surface area contributed by atoms with Crippen molar-refractivity contribution >= 4 is 11.7 Å². The van der Waals surface area contributed by atoms with E-state index < -0.39 is 0 Å². The molecule has 0 rings (SSSR count). The van der Waals surface area contributed by atoms with E-state index in [1.807, 2.05) is 0 Å². The van der Waals surface area contributed by atoms with Gasteiger partial charge in [-0.1, -0.05) is 12.8 Å². The fourth-order valence-corrected chi connectivity index (χ4v) is 1.63. The lowest BCUT2D eigenvalue weighted by molar-refractivity contribution is -0.120. The fraction of sp³-hybridized carbons (Fsp3) is 0.833.